The Balaban J connectivity index is 2.49. The Bertz CT molecular complexity index is 295. The zero-order chi connectivity index (χ0) is 13.4. The topological polar surface area (TPSA) is 80.7 Å². The molecule has 0 bridgehead atoms. The molecule has 0 aromatic carbocycles. The highest BCUT2D eigenvalue weighted by molar-refractivity contribution is 4.98. The third-order valence-electron chi connectivity index (χ3n) is 3.32. The molecule has 3 atom stereocenters. The summed E-state index contributed by atoms with van der Waals surface area (Å²) in [7, 11) is 0. The lowest BCUT2D eigenvalue weighted by molar-refractivity contribution is 0.434. The molecule has 1 aromatic heterocycles. The fourth-order valence-corrected chi connectivity index (χ4v) is 2.45. The van der Waals surface area contributed by atoms with Crippen molar-refractivity contribution in [1.82, 2.24) is 9.97 Å². The van der Waals surface area contributed by atoms with E-state index in [0.29, 0.717) is 5.92 Å². The minimum atomic E-state index is 0.168. The first-order chi connectivity index (χ1) is 8.63. The van der Waals surface area contributed by atoms with E-state index >= 15 is 0 Å². The highest BCUT2D eigenvalue weighted by Gasteiger charge is 2.18. The van der Waals surface area contributed by atoms with E-state index in [-0.39, 0.29) is 12.1 Å². The summed E-state index contributed by atoms with van der Waals surface area (Å²) in [6.45, 7) is 4.24. The fraction of sp³-hybridized carbons (Fsp3) is 0.786. The molecule has 5 N–H and O–H groups in total. The number of H-pyrrole nitrogens is 1. The Morgan fingerprint density at radius 3 is 2.61 bits per heavy atom. The van der Waals surface area contributed by atoms with Gasteiger partial charge in [0.15, 0.2) is 0 Å². The standard InChI is InChI=1S/C14H28N4/c1-3-4-5-6-12(14-17-7-8-18-14)10-13(16)9-11(2)15/h7-8,11-13H,3-6,9-10,15-16H2,1-2H3,(H,17,18). The van der Waals surface area contributed by atoms with E-state index in [1.807, 2.05) is 19.3 Å². The molecule has 0 spiro atoms. The van der Waals surface area contributed by atoms with Gasteiger partial charge in [0, 0.05) is 30.4 Å². The molecule has 4 nitrogen and oxygen atoms in total. The predicted molar refractivity (Wildman–Crippen MR) is 76.3 cm³/mol. The highest BCUT2D eigenvalue weighted by Crippen LogP contribution is 2.25. The molecule has 0 saturated heterocycles. The predicted octanol–water partition coefficient (Wildman–Crippen LogP) is 2.53. The molecular weight excluding hydrogens is 224 g/mol. The number of rotatable bonds is 9. The van der Waals surface area contributed by atoms with Crippen LogP contribution in [-0.2, 0) is 0 Å². The van der Waals surface area contributed by atoms with Crippen LogP contribution in [0.3, 0.4) is 0 Å². The van der Waals surface area contributed by atoms with Crippen molar-refractivity contribution in [3.63, 3.8) is 0 Å². The second-order valence-electron chi connectivity index (χ2n) is 5.38. The molecule has 0 amide bonds. The Kier molecular flexibility index (Phi) is 6.98. The van der Waals surface area contributed by atoms with Crippen LogP contribution in [0.2, 0.25) is 0 Å². The van der Waals surface area contributed by atoms with Crippen LogP contribution in [0.15, 0.2) is 12.4 Å². The molecule has 3 unspecified atom stereocenters. The van der Waals surface area contributed by atoms with Crippen LogP contribution in [-0.4, -0.2) is 22.1 Å². The summed E-state index contributed by atoms with van der Waals surface area (Å²) in [6.07, 6.45) is 10.5. The maximum atomic E-state index is 6.16. The van der Waals surface area contributed by atoms with Crippen LogP contribution in [0.5, 0.6) is 0 Å². The summed E-state index contributed by atoms with van der Waals surface area (Å²) >= 11 is 0. The Hall–Kier alpha value is -0.870. The van der Waals surface area contributed by atoms with Crippen LogP contribution in [0.4, 0.5) is 0 Å². The summed E-state index contributed by atoms with van der Waals surface area (Å²) in [5, 5.41) is 0. The van der Waals surface area contributed by atoms with E-state index in [0.717, 1.165) is 25.1 Å². The number of nitrogens with zero attached hydrogens (tertiary/aromatic N) is 1. The first kappa shape index (κ1) is 15.2. The summed E-state index contributed by atoms with van der Waals surface area (Å²) in [6, 6.07) is 0.342. The van der Waals surface area contributed by atoms with Gasteiger partial charge in [-0.2, -0.15) is 0 Å². The largest absolute Gasteiger partial charge is 0.348 e. The summed E-state index contributed by atoms with van der Waals surface area (Å²) in [4.78, 5) is 7.61. The summed E-state index contributed by atoms with van der Waals surface area (Å²) in [5.41, 5.74) is 12.0. The second-order valence-corrected chi connectivity index (χ2v) is 5.38. The van der Waals surface area contributed by atoms with Crippen molar-refractivity contribution in [2.24, 2.45) is 11.5 Å². The Morgan fingerprint density at radius 1 is 1.28 bits per heavy atom. The maximum absolute atomic E-state index is 6.16. The van der Waals surface area contributed by atoms with Crippen molar-refractivity contribution in [1.29, 1.82) is 0 Å². The van der Waals surface area contributed by atoms with Crippen molar-refractivity contribution in [2.45, 2.75) is 70.4 Å². The molecule has 4 heteroatoms. The van der Waals surface area contributed by atoms with E-state index in [1.165, 1.54) is 19.3 Å². The number of unbranched alkanes of at least 4 members (excludes halogenated alkanes) is 2. The lowest BCUT2D eigenvalue weighted by Gasteiger charge is -2.20. The van der Waals surface area contributed by atoms with Gasteiger partial charge in [-0.15, -0.1) is 0 Å². The SMILES string of the molecule is CCCCCC(CC(N)CC(C)N)c1ncc[nH]1. The molecule has 1 heterocycles. The molecule has 0 aliphatic heterocycles. The molecule has 1 aromatic rings. The van der Waals surface area contributed by atoms with E-state index < -0.39 is 0 Å². The molecular formula is C14H28N4. The lowest BCUT2D eigenvalue weighted by Crippen LogP contribution is -2.31. The van der Waals surface area contributed by atoms with E-state index in [9.17, 15) is 0 Å². The number of nitrogens with one attached hydrogen (secondary N) is 1. The van der Waals surface area contributed by atoms with Gasteiger partial charge in [-0.3, -0.25) is 0 Å². The first-order valence-electron chi connectivity index (χ1n) is 7.13. The molecule has 0 saturated carbocycles. The fourth-order valence-electron chi connectivity index (χ4n) is 2.45. The highest BCUT2D eigenvalue weighted by atomic mass is 14.9. The average molecular weight is 252 g/mol. The number of aromatic nitrogens is 2. The number of aromatic amines is 1. The molecule has 1 rings (SSSR count). The zero-order valence-corrected chi connectivity index (χ0v) is 11.7. The molecule has 0 aliphatic rings. The Labute approximate surface area is 111 Å². The van der Waals surface area contributed by atoms with Gasteiger partial charge in [0.1, 0.15) is 5.82 Å². The van der Waals surface area contributed by atoms with Crippen LogP contribution >= 0.6 is 0 Å². The van der Waals surface area contributed by atoms with E-state index in [2.05, 4.69) is 16.9 Å². The van der Waals surface area contributed by atoms with Crippen molar-refractivity contribution in [3.8, 4) is 0 Å². The summed E-state index contributed by atoms with van der Waals surface area (Å²) in [5.74, 6) is 1.52. The third-order valence-corrected chi connectivity index (χ3v) is 3.32. The van der Waals surface area contributed by atoms with E-state index in [1.54, 1.807) is 0 Å². The quantitative estimate of drug-likeness (QED) is 0.591. The van der Waals surface area contributed by atoms with Gasteiger partial charge in [0.2, 0.25) is 0 Å². The van der Waals surface area contributed by atoms with Gasteiger partial charge in [-0.1, -0.05) is 26.2 Å². The second kappa shape index (κ2) is 8.27. The van der Waals surface area contributed by atoms with Crippen molar-refractivity contribution in [2.75, 3.05) is 0 Å². The zero-order valence-electron chi connectivity index (χ0n) is 11.7. The third kappa shape index (κ3) is 5.65. The first-order valence-corrected chi connectivity index (χ1v) is 7.13. The van der Waals surface area contributed by atoms with Crippen LogP contribution < -0.4 is 11.5 Å². The number of hydrogen-bond donors (Lipinski definition) is 3. The molecule has 0 radical (unpaired) electrons. The van der Waals surface area contributed by atoms with Gasteiger partial charge >= 0.3 is 0 Å². The maximum Gasteiger partial charge on any atom is 0.109 e. The lowest BCUT2D eigenvalue weighted by atomic mass is 9.91. The minimum Gasteiger partial charge on any atom is -0.348 e. The van der Waals surface area contributed by atoms with Crippen LogP contribution in [0, 0.1) is 0 Å². The molecule has 18 heavy (non-hydrogen) atoms. The monoisotopic (exact) mass is 252 g/mol. The van der Waals surface area contributed by atoms with Crippen LogP contribution in [0.25, 0.3) is 0 Å². The molecule has 0 aliphatic carbocycles. The van der Waals surface area contributed by atoms with Gasteiger partial charge in [0.05, 0.1) is 0 Å². The summed E-state index contributed by atoms with van der Waals surface area (Å²) < 4.78 is 0. The van der Waals surface area contributed by atoms with Gasteiger partial charge in [-0.05, 0) is 26.2 Å². The van der Waals surface area contributed by atoms with Crippen molar-refractivity contribution in [3.05, 3.63) is 18.2 Å². The number of imidazole rings is 1. The van der Waals surface area contributed by atoms with Crippen molar-refractivity contribution >= 4 is 0 Å². The van der Waals surface area contributed by atoms with E-state index in [4.69, 9.17) is 11.5 Å². The molecule has 104 valence electrons. The normalized spacial score (nSPS) is 16.4. The number of nitrogens with two attached hydrogens (primary N) is 2. The van der Waals surface area contributed by atoms with Crippen molar-refractivity contribution < 1.29 is 0 Å². The van der Waals surface area contributed by atoms with Gasteiger partial charge in [0.25, 0.3) is 0 Å². The van der Waals surface area contributed by atoms with Gasteiger partial charge < -0.3 is 16.5 Å². The molecule has 0 fully saturated rings. The average Bonchev–Trinajstić information content (AvgIpc) is 2.80. The smallest absolute Gasteiger partial charge is 0.109 e. The Morgan fingerprint density at radius 2 is 2.06 bits per heavy atom. The number of hydrogen-bond acceptors (Lipinski definition) is 3. The minimum absolute atomic E-state index is 0.168. The van der Waals surface area contributed by atoms with Gasteiger partial charge in [-0.25, -0.2) is 4.98 Å². The van der Waals surface area contributed by atoms with Crippen LogP contribution in [0.1, 0.15) is 64.1 Å².